The van der Waals surface area contributed by atoms with Crippen molar-refractivity contribution in [1.82, 2.24) is 0 Å². The van der Waals surface area contributed by atoms with Crippen LogP contribution in [0.5, 0.6) is 5.75 Å². The summed E-state index contributed by atoms with van der Waals surface area (Å²) in [5.41, 5.74) is 5.33. The van der Waals surface area contributed by atoms with E-state index in [0.29, 0.717) is 5.75 Å². The number of benzene rings is 1. The summed E-state index contributed by atoms with van der Waals surface area (Å²) in [7, 11) is 0. The maximum atomic E-state index is 8.23. The van der Waals surface area contributed by atoms with Crippen molar-refractivity contribution in [2.24, 2.45) is 5.73 Å². The highest BCUT2D eigenvalue weighted by atomic mass is 16.5. The van der Waals surface area contributed by atoms with Gasteiger partial charge in [0, 0.05) is 0 Å². The molecule has 60 valence electrons. The molecular formula is C9H8N2O. The quantitative estimate of drug-likeness (QED) is 0.525. The van der Waals surface area contributed by atoms with Crippen LogP contribution >= 0.6 is 0 Å². The number of hydrogen-bond donors (Lipinski definition) is 1. The summed E-state index contributed by atoms with van der Waals surface area (Å²) in [5, 5.41) is 8.23. The van der Waals surface area contributed by atoms with E-state index >= 15 is 0 Å². The van der Waals surface area contributed by atoms with E-state index in [2.05, 4.69) is 0 Å². The number of para-hydroxylation sites is 1. The molecular weight excluding hydrogens is 152 g/mol. The molecule has 0 bridgehead atoms. The van der Waals surface area contributed by atoms with Crippen molar-refractivity contribution in [3.8, 4) is 11.8 Å². The second-order valence-corrected chi connectivity index (χ2v) is 2.09. The van der Waals surface area contributed by atoms with Crippen molar-refractivity contribution in [3.63, 3.8) is 0 Å². The van der Waals surface area contributed by atoms with Gasteiger partial charge in [0.05, 0.1) is 12.1 Å². The summed E-state index contributed by atoms with van der Waals surface area (Å²) in [6.45, 7) is 0. The molecule has 0 spiro atoms. The van der Waals surface area contributed by atoms with Gasteiger partial charge in [0.2, 0.25) is 5.88 Å². The Bertz CT molecular complexity index is 311. The molecule has 0 aliphatic rings. The van der Waals surface area contributed by atoms with Crippen molar-refractivity contribution in [2.75, 3.05) is 0 Å². The lowest BCUT2D eigenvalue weighted by Crippen LogP contribution is -2.04. The summed E-state index contributed by atoms with van der Waals surface area (Å²) in [4.78, 5) is 0. The minimum Gasteiger partial charge on any atom is -0.441 e. The van der Waals surface area contributed by atoms with Crippen molar-refractivity contribution < 1.29 is 4.74 Å². The van der Waals surface area contributed by atoms with Crippen LogP contribution in [0.15, 0.2) is 42.3 Å². The average Bonchev–Trinajstić information content (AvgIpc) is 2.06. The molecule has 3 heteroatoms. The molecule has 0 amide bonds. The fourth-order valence-corrected chi connectivity index (χ4v) is 0.718. The molecule has 3 nitrogen and oxygen atoms in total. The Labute approximate surface area is 70.7 Å². The van der Waals surface area contributed by atoms with E-state index in [9.17, 15) is 0 Å². The molecule has 1 aromatic rings. The third-order valence-electron chi connectivity index (χ3n) is 1.19. The third kappa shape index (κ3) is 2.35. The first kappa shape index (κ1) is 8.15. The average molecular weight is 160 g/mol. The van der Waals surface area contributed by atoms with Crippen LogP contribution in [0.25, 0.3) is 0 Å². The first-order valence-electron chi connectivity index (χ1n) is 3.41. The molecule has 1 rings (SSSR count). The Hall–Kier alpha value is -1.95. The monoisotopic (exact) mass is 160 g/mol. The molecule has 1 aromatic carbocycles. The van der Waals surface area contributed by atoms with Gasteiger partial charge in [0.1, 0.15) is 5.75 Å². The van der Waals surface area contributed by atoms with Crippen LogP contribution in [-0.4, -0.2) is 0 Å². The van der Waals surface area contributed by atoms with E-state index in [1.54, 1.807) is 18.2 Å². The zero-order chi connectivity index (χ0) is 8.81. The number of nitrogens with two attached hydrogens (primary N) is 1. The summed E-state index contributed by atoms with van der Waals surface area (Å²) in [5.74, 6) is 0.727. The maximum Gasteiger partial charge on any atom is 0.201 e. The second kappa shape index (κ2) is 4.04. The minimum atomic E-state index is 0.101. The van der Waals surface area contributed by atoms with Crippen LogP contribution in [0.4, 0.5) is 0 Å². The van der Waals surface area contributed by atoms with Gasteiger partial charge in [-0.15, -0.1) is 0 Å². The topological polar surface area (TPSA) is 59.0 Å². The van der Waals surface area contributed by atoms with Crippen LogP contribution in [0, 0.1) is 11.3 Å². The van der Waals surface area contributed by atoms with Crippen LogP contribution < -0.4 is 10.5 Å². The Kier molecular flexibility index (Phi) is 2.74. The van der Waals surface area contributed by atoms with Crippen LogP contribution in [-0.2, 0) is 0 Å². The van der Waals surface area contributed by atoms with Gasteiger partial charge in [-0.2, -0.15) is 5.26 Å². The Balaban J connectivity index is 2.66. The van der Waals surface area contributed by atoms with Gasteiger partial charge in [-0.3, -0.25) is 0 Å². The molecule has 0 heterocycles. The molecule has 0 aromatic heterocycles. The second-order valence-electron chi connectivity index (χ2n) is 2.09. The molecule has 0 fully saturated rings. The highest BCUT2D eigenvalue weighted by Crippen LogP contribution is 2.09. The van der Waals surface area contributed by atoms with E-state index in [0.717, 1.165) is 6.08 Å². The van der Waals surface area contributed by atoms with Crippen molar-refractivity contribution >= 4 is 0 Å². The molecule has 2 N–H and O–H groups in total. The van der Waals surface area contributed by atoms with Crippen molar-refractivity contribution in [2.45, 2.75) is 0 Å². The summed E-state index contributed by atoms with van der Waals surface area (Å²) < 4.78 is 5.07. The fraction of sp³-hybridized carbons (Fsp3) is 0. The Morgan fingerprint density at radius 3 is 2.67 bits per heavy atom. The van der Waals surface area contributed by atoms with E-state index in [4.69, 9.17) is 15.7 Å². The van der Waals surface area contributed by atoms with E-state index in [1.165, 1.54) is 0 Å². The Morgan fingerprint density at radius 1 is 1.42 bits per heavy atom. The lowest BCUT2D eigenvalue weighted by Gasteiger charge is -2.02. The molecule has 0 saturated heterocycles. The zero-order valence-electron chi connectivity index (χ0n) is 6.40. The van der Waals surface area contributed by atoms with Gasteiger partial charge >= 0.3 is 0 Å². The van der Waals surface area contributed by atoms with E-state index < -0.39 is 0 Å². The van der Waals surface area contributed by atoms with Gasteiger partial charge in [-0.25, -0.2) is 0 Å². The Morgan fingerprint density at radius 2 is 2.08 bits per heavy atom. The number of nitrogens with zero attached hydrogens (tertiary/aromatic N) is 1. The van der Waals surface area contributed by atoms with Crippen molar-refractivity contribution in [1.29, 1.82) is 5.26 Å². The summed E-state index contributed by atoms with van der Waals surface area (Å²) >= 11 is 0. The minimum absolute atomic E-state index is 0.101. The largest absolute Gasteiger partial charge is 0.441 e. The lowest BCUT2D eigenvalue weighted by atomic mass is 10.3. The van der Waals surface area contributed by atoms with Gasteiger partial charge < -0.3 is 10.5 Å². The van der Waals surface area contributed by atoms with Gasteiger partial charge in [0.25, 0.3) is 0 Å². The van der Waals surface area contributed by atoms with E-state index in [-0.39, 0.29) is 5.88 Å². The van der Waals surface area contributed by atoms with E-state index in [1.807, 2.05) is 18.2 Å². The molecule has 12 heavy (non-hydrogen) atoms. The first-order valence-corrected chi connectivity index (χ1v) is 3.41. The highest BCUT2D eigenvalue weighted by molar-refractivity contribution is 5.23. The maximum absolute atomic E-state index is 8.23. The standard InChI is InChI=1S/C9H8N2O/c10-7-6-9(11)12-8-4-2-1-3-5-8/h1-6H,11H2. The normalized spacial score (nSPS) is 10.4. The van der Waals surface area contributed by atoms with Gasteiger partial charge in [-0.05, 0) is 12.1 Å². The number of nitriles is 1. The van der Waals surface area contributed by atoms with Gasteiger partial charge in [0.15, 0.2) is 0 Å². The predicted octanol–water partition coefficient (Wildman–Crippen LogP) is 1.39. The zero-order valence-corrected chi connectivity index (χ0v) is 6.40. The number of allylic oxidation sites excluding steroid dienone is 1. The third-order valence-corrected chi connectivity index (χ3v) is 1.19. The number of rotatable bonds is 2. The SMILES string of the molecule is N#CC=C(N)Oc1ccccc1. The fourth-order valence-electron chi connectivity index (χ4n) is 0.718. The number of ether oxygens (including phenoxy) is 1. The molecule has 0 saturated carbocycles. The van der Waals surface area contributed by atoms with Crippen LogP contribution in [0.3, 0.4) is 0 Å². The van der Waals surface area contributed by atoms with Gasteiger partial charge in [-0.1, -0.05) is 18.2 Å². The molecule has 0 atom stereocenters. The summed E-state index contributed by atoms with van der Waals surface area (Å²) in [6, 6.07) is 10.8. The smallest absolute Gasteiger partial charge is 0.201 e. The highest BCUT2D eigenvalue weighted by Gasteiger charge is 1.92. The predicted molar refractivity (Wildman–Crippen MR) is 45.0 cm³/mol. The molecule has 0 aliphatic heterocycles. The molecule has 0 unspecified atom stereocenters. The number of hydrogen-bond acceptors (Lipinski definition) is 3. The molecule has 0 radical (unpaired) electrons. The van der Waals surface area contributed by atoms with Crippen LogP contribution in [0.2, 0.25) is 0 Å². The van der Waals surface area contributed by atoms with Crippen molar-refractivity contribution in [3.05, 3.63) is 42.3 Å². The first-order chi connectivity index (χ1) is 5.83. The van der Waals surface area contributed by atoms with Crippen LogP contribution in [0.1, 0.15) is 0 Å². The molecule has 0 aliphatic carbocycles. The summed E-state index contributed by atoms with van der Waals surface area (Å²) in [6.07, 6.45) is 1.15. The lowest BCUT2D eigenvalue weighted by molar-refractivity contribution is 0.420.